The van der Waals surface area contributed by atoms with E-state index in [0.29, 0.717) is 5.92 Å². The van der Waals surface area contributed by atoms with Crippen molar-refractivity contribution in [1.29, 1.82) is 0 Å². The summed E-state index contributed by atoms with van der Waals surface area (Å²) in [6.07, 6.45) is 8.27. The van der Waals surface area contributed by atoms with Crippen LogP contribution in [0, 0.1) is 0 Å². The van der Waals surface area contributed by atoms with Gasteiger partial charge >= 0.3 is 0 Å². The zero-order valence-corrected chi connectivity index (χ0v) is 12.8. The Labute approximate surface area is 122 Å². The van der Waals surface area contributed by atoms with Crippen LogP contribution in [-0.4, -0.2) is 29.6 Å². The van der Waals surface area contributed by atoms with Crippen LogP contribution in [0.4, 0.5) is 0 Å². The van der Waals surface area contributed by atoms with Crippen LogP contribution in [0.2, 0.25) is 0 Å². The second-order valence-electron chi connectivity index (χ2n) is 6.86. The number of nitrogens with zero attached hydrogens (tertiary/aromatic N) is 1. The molecule has 2 nitrogen and oxygen atoms in total. The first-order valence-corrected chi connectivity index (χ1v) is 8.09. The Morgan fingerprint density at radius 3 is 2.30 bits per heavy atom. The van der Waals surface area contributed by atoms with Gasteiger partial charge in [-0.25, -0.2) is 0 Å². The summed E-state index contributed by atoms with van der Waals surface area (Å²) < 4.78 is 0. The molecule has 1 atom stereocenters. The number of benzene rings is 1. The van der Waals surface area contributed by atoms with Gasteiger partial charge in [0.05, 0.1) is 11.6 Å². The van der Waals surface area contributed by atoms with Crippen molar-refractivity contribution in [3.05, 3.63) is 35.4 Å². The highest BCUT2D eigenvalue weighted by Crippen LogP contribution is 2.47. The minimum absolute atomic E-state index is 0.0557. The molecule has 0 aromatic heterocycles. The van der Waals surface area contributed by atoms with Gasteiger partial charge < -0.3 is 10.0 Å². The van der Waals surface area contributed by atoms with Gasteiger partial charge in [-0.3, -0.25) is 0 Å². The van der Waals surface area contributed by atoms with Crippen LogP contribution < -0.4 is 0 Å². The summed E-state index contributed by atoms with van der Waals surface area (Å²) in [6.45, 7) is 0. The molecule has 0 radical (unpaired) electrons. The first-order valence-electron chi connectivity index (χ1n) is 8.09. The molecule has 0 bridgehead atoms. The van der Waals surface area contributed by atoms with E-state index in [9.17, 15) is 5.11 Å². The van der Waals surface area contributed by atoms with E-state index in [1.54, 1.807) is 0 Å². The molecule has 20 heavy (non-hydrogen) atoms. The number of likely N-dealkylation sites (N-methyl/N-ethyl adjacent to an activating group) is 1. The van der Waals surface area contributed by atoms with Gasteiger partial charge in [-0.15, -0.1) is 0 Å². The van der Waals surface area contributed by atoms with Gasteiger partial charge in [0.15, 0.2) is 0 Å². The van der Waals surface area contributed by atoms with E-state index < -0.39 is 0 Å². The van der Waals surface area contributed by atoms with Crippen molar-refractivity contribution < 1.29 is 5.11 Å². The molecule has 0 amide bonds. The Balaban J connectivity index is 1.95. The fraction of sp³-hybridized carbons (Fsp3) is 0.667. The van der Waals surface area contributed by atoms with E-state index >= 15 is 0 Å². The van der Waals surface area contributed by atoms with Crippen LogP contribution in [-0.2, 0) is 0 Å². The first kappa shape index (κ1) is 14.1. The Morgan fingerprint density at radius 1 is 1.10 bits per heavy atom. The zero-order chi connectivity index (χ0) is 14.2. The molecule has 0 heterocycles. The summed E-state index contributed by atoms with van der Waals surface area (Å²) in [7, 11) is 4.25. The number of hydrogen-bond acceptors (Lipinski definition) is 2. The highest BCUT2D eigenvalue weighted by molar-refractivity contribution is 5.35. The molecule has 1 aromatic rings. The van der Waals surface area contributed by atoms with Gasteiger partial charge in [-0.1, -0.05) is 43.5 Å². The fourth-order valence-corrected chi connectivity index (χ4v) is 4.09. The molecule has 1 N–H and O–H groups in total. The van der Waals surface area contributed by atoms with E-state index in [1.165, 1.54) is 43.2 Å². The second-order valence-corrected chi connectivity index (χ2v) is 6.86. The first-order chi connectivity index (χ1) is 9.65. The van der Waals surface area contributed by atoms with Crippen molar-refractivity contribution >= 4 is 0 Å². The lowest BCUT2D eigenvalue weighted by Crippen LogP contribution is -2.47. The van der Waals surface area contributed by atoms with Gasteiger partial charge in [0.2, 0.25) is 0 Å². The maximum Gasteiger partial charge on any atom is 0.0976 e. The normalized spacial score (nSPS) is 23.8. The van der Waals surface area contributed by atoms with Gasteiger partial charge in [0.1, 0.15) is 0 Å². The third-order valence-corrected chi connectivity index (χ3v) is 5.70. The van der Waals surface area contributed by atoms with Crippen molar-refractivity contribution in [2.24, 2.45) is 0 Å². The monoisotopic (exact) mass is 273 g/mol. The van der Waals surface area contributed by atoms with E-state index in [0.717, 1.165) is 12.8 Å². The molecule has 110 valence electrons. The minimum atomic E-state index is -0.350. The van der Waals surface area contributed by atoms with Crippen molar-refractivity contribution in [2.75, 3.05) is 14.1 Å². The summed E-state index contributed by atoms with van der Waals surface area (Å²) in [5.41, 5.74) is 2.53. The maximum atomic E-state index is 11.1. The van der Waals surface area contributed by atoms with Crippen LogP contribution >= 0.6 is 0 Å². The zero-order valence-electron chi connectivity index (χ0n) is 12.8. The molecular formula is C18H27NO. The van der Waals surface area contributed by atoms with Gasteiger partial charge in [-0.05, 0) is 56.8 Å². The number of rotatable bonds is 4. The largest absolute Gasteiger partial charge is 0.386 e. The summed E-state index contributed by atoms with van der Waals surface area (Å²) in [4.78, 5) is 2.27. The van der Waals surface area contributed by atoms with Gasteiger partial charge in [-0.2, -0.15) is 0 Å². The average molecular weight is 273 g/mol. The third-order valence-electron chi connectivity index (χ3n) is 5.70. The van der Waals surface area contributed by atoms with E-state index in [-0.39, 0.29) is 11.6 Å². The maximum absolute atomic E-state index is 11.1. The SMILES string of the molecule is CN(C)C1(C(O)c2ccccc2C2CCC2)CCCC1. The number of hydrogen-bond donors (Lipinski definition) is 1. The van der Waals surface area contributed by atoms with Gasteiger partial charge in [0, 0.05) is 0 Å². The molecule has 0 saturated heterocycles. The molecule has 1 aromatic carbocycles. The van der Waals surface area contributed by atoms with E-state index in [4.69, 9.17) is 0 Å². The number of aliphatic hydroxyl groups excluding tert-OH is 1. The Hall–Kier alpha value is -0.860. The van der Waals surface area contributed by atoms with Crippen molar-refractivity contribution in [3.63, 3.8) is 0 Å². The lowest BCUT2D eigenvalue weighted by atomic mass is 9.74. The molecule has 2 saturated carbocycles. The third kappa shape index (κ3) is 2.19. The molecule has 0 spiro atoms. The van der Waals surface area contributed by atoms with Crippen LogP contribution in [0.1, 0.15) is 68.1 Å². The fourth-order valence-electron chi connectivity index (χ4n) is 4.09. The standard InChI is InChI=1S/C18H27NO/c1-19(2)18(12-5-6-13-18)17(20)16-11-4-3-10-15(16)14-8-7-9-14/h3-4,10-11,14,17,20H,5-9,12-13H2,1-2H3. The molecule has 2 fully saturated rings. The molecule has 0 aliphatic heterocycles. The van der Waals surface area contributed by atoms with Crippen LogP contribution in [0.25, 0.3) is 0 Å². The summed E-state index contributed by atoms with van der Waals surface area (Å²) in [5, 5.41) is 11.1. The smallest absolute Gasteiger partial charge is 0.0976 e. The number of aliphatic hydroxyl groups is 1. The average Bonchev–Trinajstić information content (AvgIpc) is 2.87. The Morgan fingerprint density at radius 2 is 1.75 bits per heavy atom. The predicted octanol–water partition coefficient (Wildman–Crippen LogP) is 3.86. The second kappa shape index (κ2) is 5.50. The van der Waals surface area contributed by atoms with Crippen LogP contribution in [0.3, 0.4) is 0 Å². The van der Waals surface area contributed by atoms with Gasteiger partial charge in [0.25, 0.3) is 0 Å². The Kier molecular flexibility index (Phi) is 3.87. The van der Waals surface area contributed by atoms with E-state index in [1.807, 2.05) is 0 Å². The van der Waals surface area contributed by atoms with Crippen LogP contribution in [0.5, 0.6) is 0 Å². The summed E-state index contributed by atoms with van der Waals surface area (Å²) >= 11 is 0. The summed E-state index contributed by atoms with van der Waals surface area (Å²) in [6, 6.07) is 8.60. The lowest BCUT2D eigenvalue weighted by Gasteiger charge is -2.42. The Bertz CT molecular complexity index is 458. The topological polar surface area (TPSA) is 23.5 Å². The molecule has 2 heteroatoms. The van der Waals surface area contributed by atoms with Crippen molar-refractivity contribution in [3.8, 4) is 0 Å². The minimum Gasteiger partial charge on any atom is -0.386 e. The molecule has 1 unspecified atom stereocenters. The van der Waals surface area contributed by atoms with Crippen molar-refractivity contribution in [1.82, 2.24) is 4.90 Å². The van der Waals surface area contributed by atoms with E-state index in [2.05, 4.69) is 43.3 Å². The highest BCUT2D eigenvalue weighted by Gasteiger charge is 2.44. The van der Waals surface area contributed by atoms with Crippen LogP contribution in [0.15, 0.2) is 24.3 Å². The molecule has 2 aliphatic carbocycles. The molecule has 3 rings (SSSR count). The predicted molar refractivity (Wildman–Crippen MR) is 82.9 cm³/mol. The molecule has 2 aliphatic rings. The van der Waals surface area contributed by atoms with Crippen molar-refractivity contribution in [2.45, 2.75) is 62.5 Å². The highest BCUT2D eigenvalue weighted by atomic mass is 16.3. The summed E-state index contributed by atoms with van der Waals surface area (Å²) in [5.74, 6) is 0.682. The molecular weight excluding hydrogens is 246 g/mol. The lowest BCUT2D eigenvalue weighted by molar-refractivity contribution is -0.00563. The quantitative estimate of drug-likeness (QED) is 0.900.